The lowest BCUT2D eigenvalue weighted by Gasteiger charge is -2.13. The van der Waals surface area contributed by atoms with E-state index in [1.54, 1.807) is 0 Å². The molecule has 0 saturated heterocycles. The molecule has 1 aromatic heterocycles. The molecular weight excluding hydrogens is 230 g/mol. The molecule has 0 aliphatic heterocycles. The number of hydrogen-bond donors (Lipinski definition) is 0. The lowest BCUT2D eigenvalue weighted by molar-refractivity contribution is 1.00. The maximum atomic E-state index is 4.32. The summed E-state index contributed by atoms with van der Waals surface area (Å²) in [5.41, 5.74) is 6.70. The smallest absolute Gasteiger partial charge is 0.0367 e. The first kappa shape index (κ1) is 10.5. The van der Waals surface area contributed by atoms with Gasteiger partial charge in [-0.25, -0.2) is 0 Å². The minimum atomic E-state index is 0.320. The molecule has 19 heavy (non-hydrogen) atoms. The number of nitrogens with zero attached hydrogens (tertiary/aromatic N) is 1. The second-order valence-corrected chi connectivity index (χ2v) is 4.89. The van der Waals surface area contributed by atoms with Crippen LogP contribution >= 0.6 is 0 Å². The van der Waals surface area contributed by atoms with Crippen LogP contribution in [0.15, 0.2) is 73.1 Å². The highest BCUT2D eigenvalue weighted by atomic mass is 14.6. The molecule has 0 saturated carbocycles. The zero-order valence-electron chi connectivity index (χ0n) is 10.5. The Balaban J connectivity index is 2.02. The Labute approximate surface area is 112 Å². The van der Waals surface area contributed by atoms with Crippen LogP contribution in [0.1, 0.15) is 22.6 Å². The largest absolute Gasteiger partial charge is 0.264 e. The van der Waals surface area contributed by atoms with E-state index in [9.17, 15) is 0 Å². The molecule has 0 fully saturated rings. The van der Waals surface area contributed by atoms with Crippen molar-refractivity contribution in [2.45, 2.75) is 5.92 Å². The molecule has 4 rings (SSSR count). The molecule has 1 atom stereocenters. The number of aromatic nitrogens is 1. The van der Waals surface area contributed by atoms with Crippen LogP contribution < -0.4 is 0 Å². The summed E-state index contributed by atoms with van der Waals surface area (Å²) in [4.78, 5) is 4.32. The van der Waals surface area contributed by atoms with Crippen LogP contribution in [0.2, 0.25) is 0 Å². The Kier molecular flexibility index (Phi) is 2.25. The zero-order chi connectivity index (χ0) is 12.7. The van der Waals surface area contributed by atoms with Crippen molar-refractivity contribution in [2.24, 2.45) is 0 Å². The van der Waals surface area contributed by atoms with E-state index in [1.807, 2.05) is 12.4 Å². The average molecular weight is 243 g/mol. The number of hydrogen-bond acceptors (Lipinski definition) is 1. The minimum Gasteiger partial charge on any atom is -0.264 e. The van der Waals surface area contributed by atoms with Gasteiger partial charge in [-0.05, 0) is 33.9 Å². The molecular formula is C18H13N. The number of benzene rings is 2. The van der Waals surface area contributed by atoms with Crippen molar-refractivity contribution in [3.8, 4) is 11.1 Å². The molecule has 0 bridgehead atoms. The van der Waals surface area contributed by atoms with Crippen LogP contribution in [0.3, 0.4) is 0 Å². The Morgan fingerprint density at radius 1 is 0.684 bits per heavy atom. The summed E-state index contributed by atoms with van der Waals surface area (Å²) in [6.07, 6.45) is 3.88. The fourth-order valence-electron chi connectivity index (χ4n) is 3.05. The van der Waals surface area contributed by atoms with Crippen LogP contribution in [0.25, 0.3) is 11.1 Å². The van der Waals surface area contributed by atoms with Gasteiger partial charge in [0.15, 0.2) is 0 Å². The summed E-state index contributed by atoms with van der Waals surface area (Å²) < 4.78 is 0. The summed E-state index contributed by atoms with van der Waals surface area (Å²) in [6.45, 7) is 0. The van der Waals surface area contributed by atoms with E-state index in [4.69, 9.17) is 0 Å². The third kappa shape index (κ3) is 1.52. The molecule has 0 spiro atoms. The first-order valence-electron chi connectivity index (χ1n) is 6.53. The van der Waals surface area contributed by atoms with Gasteiger partial charge in [0.05, 0.1) is 0 Å². The van der Waals surface area contributed by atoms with Crippen LogP contribution in [-0.2, 0) is 0 Å². The van der Waals surface area contributed by atoms with Gasteiger partial charge in [-0.15, -0.1) is 0 Å². The Bertz CT molecular complexity index is 686. The topological polar surface area (TPSA) is 12.9 Å². The van der Waals surface area contributed by atoms with E-state index in [0.29, 0.717) is 5.92 Å². The van der Waals surface area contributed by atoms with Gasteiger partial charge < -0.3 is 0 Å². The number of fused-ring (bicyclic) bond motifs is 3. The first-order valence-corrected chi connectivity index (χ1v) is 6.53. The van der Waals surface area contributed by atoms with E-state index in [0.717, 1.165) is 0 Å². The van der Waals surface area contributed by atoms with Crippen molar-refractivity contribution in [1.82, 2.24) is 4.98 Å². The van der Waals surface area contributed by atoms with Crippen molar-refractivity contribution in [2.75, 3.05) is 0 Å². The summed E-state index contributed by atoms with van der Waals surface area (Å²) in [5.74, 6) is 0.320. The van der Waals surface area contributed by atoms with E-state index in [-0.39, 0.29) is 0 Å². The quantitative estimate of drug-likeness (QED) is 0.487. The monoisotopic (exact) mass is 243 g/mol. The van der Waals surface area contributed by atoms with Crippen LogP contribution in [0.4, 0.5) is 0 Å². The molecule has 1 aliphatic carbocycles. The molecule has 3 aromatic rings. The standard InChI is InChI=1S/C18H13N/c1-2-6-13(7-3-1)18-16-9-5-4-8-14(16)15-10-11-19-12-17(15)18/h1-12,18H. The predicted octanol–water partition coefficient (Wildman–Crippen LogP) is 4.24. The number of rotatable bonds is 1. The number of pyridine rings is 1. The van der Waals surface area contributed by atoms with E-state index < -0.39 is 0 Å². The van der Waals surface area contributed by atoms with Gasteiger partial charge in [0, 0.05) is 18.3 Å². The summed E-state index contributed by atoms with van der Waals surface area (Å²) in [6, 6.07) is 21.5. The molecule has 90 valence electrons. The molecule has 1 heteroatoms. The van der Waals surface area contributed by atoms with Gasteiger partial charge in [-0.1, -0.05) is 54.6 Å². The van der Waals surface area contributed by atoms with Crippen LogP contribution in [-0.4, -0.2) is 4.98 Å². The fourth-order valence-corrected chi connectivity index (χ4v) is 3.05. The highest BCUT2D eigenvalue weighted by Gasteiger charge is 2.29. The molecule has 1 aliphatic rings. The van der Waals surface area contributed by atoms with Gasteiger partial charge in [0.1, 0.15) is 0 Å². The lowest BCUT2D eigenvalue weighted by Crippen LogP contribution is -1.98. The third-order valence-electron chi connectivity index (χ3n) is 3.86. The van der Waals surface area contributed by atoms with Crippen LogP contribution in [0, 0.1) is 0 Å². The first-order chi connectivity index (χ1) is 9.45. The molecule has 0 amide bonds. The van der Waals surface area contributed by atoms with Crippen LogP contribution in [0.5, 0.6) is 0 Å². The van der Waals surface area contributed by atoms with Crippen molar-refractivity contribution < 1.29 is 0 Å². The Hall–Kier alpha value is -2.41. The summed E-state index contributed by atoms with van der Waals surface area (Å²) in [7, 11) is 0. The fraction of sp³-hybridized carbons (Fsp3) is 0.0556. The third-order valence-corrected chi connectivity index (χ3v) is 3.86. The Morgan fingerprint density at radius 2 is 1.42 bits per heavy atom. The average Bonchev–Trinajstić information content (AvgIpc) is 2.83. The molecule has 0 N–H and O–H groups in total. The molecule has 1 nitrogen and oxygen atoms in total. The van der Waals surface area contributed by atoms with E-state index in [2.05, 4.69) is 65.6 Å². The normalized spacial score (nSPS) is 15.9. The second kappa shape index (κ2) is 4.06. The molecule has 0 radical (unpaired) electrons. The van der Waals surface area contributed by atoms with Gasteiger partial charge in [0.2, 0.25) is 0 Å². The second-order valence-electron chi connectivity index (χ2n) is 4.89. The molecule has 1 unspecified atom stereocenters. The Morgan fingerprint density at radius 3 is 2.32 bits per heavy atom. The molecule has 1 heterocycles. The summed E-state index contributed by atoms with van der Waals surface area (Å²) in [5, 5.41) is 0. The van der Waals surface area contributed by atoms with Crippen molar-refractivity contribution >= 4 is 0 Å². The maximum absolute atomic E-state index is 4.32. The highest BCUT2D eigenvalue weighted by molar-refractivity contribution is 5.80. The van der Waals surface area contributed by atoms with Gasteiger partial charge in [0.25, 0.3) is 0 Å². The van der Waals surface area contributed by atoms with E-state index in [1.165, 1.54) is 27.8 Å². The lowest BCUT2D eigenvalue weighted by atomic mass is 9.90. The maximum Gasteiger partial charge on any atom is 0.0367 e. The highest BCUT2D eigenvalue weighted by Crippen LogP contribution is 2.47. The van der Waals surface area contributed by atoms with Gasteiger partial charge in [-0.3, -0.25) is 4.98 Å². The molecule has 2 aromatic carbocycles. The zero-order valence-corrected chi connectivity index (χ0v) is 10.5. The van der Waals surface area contributed by atoms with Crippen molar-refractivity contribution in [1.29, 1.82) is 0 Å². The predicted molar refractivity (Wildman–Crippen MR) is 77.1 cm³/mol. The summed E-state index contributed by atoms with van der Waals surface area (Å²) >= 11 is 0. The minimum absolute atomic E-state index is 0.320. The van der Waals surface area contributed by atoms with Crippen molar-refractivity contribution in [3.05, 3.63) is 89.7 Å². The SMILES string of the molecule is c1ccc(C2c3ccccc3-c3ccncc32)cc1. The van der Waals surface area contributed by atoms with Gasteiger partial charge in [-0.2, -0.15) is 0 Å². The van der Waals surface area contributed by atoms with Gasteiger partial charge >= 0.3 is 0 Å². The van der Waals surface area contributed by atoms with Crippen molar-refractivity contribution in [3.63, 3.8) is 0 Å². The van der Waals surface area contributed by atoms with E-state index >= 15 is 0 Å².